The second-order valence-electron chi connectivity index (χ2n) is 12.5. The Balaban J connectivity index is 0.901. The number of nitrogens with one attached hydrogen (secondary N) is 1. The van der Waals surface area contributed by atoms with Gasteiger partial charge in [-0.25, -0.2) is 9.78 Å². The van der Waals surface area contributed by atoms with Crippen molar-refractivity contribution in [2.45, 2.75) is 83.7 Å². The van der Waals surface area contributed by atoms with Gasteiger partial charge in [0.1, 0.15) is 0 Å². The molecule has 248 valence electrons. The van der Waals surface area contributed by atoms with Crippen molar-refractivity contribution in [3.8, 4) is 5.88 Å². The molecule has 8 heteroatoms. The van der Waals surface area contributed by atoms with Gasteiger partial charge in [-0.15, -0.1) is 11.3 Å². The standard InChI is InChI=1S/C38H52N4O3S/c1-2-3-6-15-32(16-7-4-5-10-23-39-38(43)45-37-21-20-31-14-8-9-17-34(31)40-37)44-29-12-11-24-41-25-27-42(28-26-41)35-18-13-19-36-33(35)22-30-46-36/h8-9,13-14,17-22,30,32H,2-7,10-12,15-16,23-29H2,1H3,(H,39,43). The third-order valence-electron chi connectivity index (χ3n) is 9.03. The normalized spacial score (nSPS) is 14.6. The highest BCUT2D eigenvalue weighted by molar-refractivity contribution is 7.17. The molecule has 4 aromatic rings. The monoisotopic (exact) mass is 644 g/mol. The van der Waals surface area contributed by atoms with Crippen LogP contribution in [0.1, 0.15) is 77.6 Å². The fraction of sp³-hybridized carbons (Fsp3) is 0.526. The number of piperazine rings is 1. The first-order chi connectivity index (χ1) is 22.7. The van der Waals surface area contributed by atoms with Crippen LogP contribution >= 0.6 is 11.3 Å². The quantitative estimate of drug-likeness (QED) is 0.103. The van der Waals surface area contributed by atoms with E-state index < -0.39 is 6.09 Å². The molecule has 1 fully saturated rings. The number of ether oxygens (including phenoxy) is 2. The van der Waals surface area contributed by atoms with E-state index in [-0.39, 0.29) is 0 Å². The molecule has 0 saturated carbocycles. The van der Waals surface area contributed by atoms with Crippen LogP contribution < -0.4 is 15.0 Å². The number of fused-ring (bicyclic) bond motifs is 2. The number of hydrogen-bond acceptors (Lipinski definition) is 7. The van der Waals surface area contributed by atoms with E-state index in [0.29, 0.717) is 18.5 Å². The summed E-state index contributed by atoms with van der Waals surface area (Å²) in [6.07, 6.45) is 12.7. The molecule has 1 unspecified atom stereocenters. The van der Waals surface area contributed by atoms with Crippen molar-refractivity contribution in [1.29, 1.82) is 0 Å². The zero-order chi connectivity index (χ0) is 31.8. The molecule has 0 bridgehead atoms. The summed E-state index contributed by atoms with van der Waals surface area (Å²) in [5.41, 5.74) is 2.21. The Morgan fingerprint density at radius 3 is 2.57 bits per heavy atom. The van der Waals surface area contributed by atoms with Crippen LogP contribution in [0.25, 0.3) is 21.0 Å². The van der Waals surface area contributed by atoms with Gasteiger partial charge in [-0.2, -0.15) is 0 Å². The number of hydrogen-bond donors (Lipinski definition) is 1. The molecule has 0 aliphatic carbocycles. The smallest absolute Gasteiger partial charge is 0.391 e. The van der Waals surface area contributed by atoms with Gasteiger partial charge in [-0.05, 0) is 74.4 Å². The average molecular weight is 645 g/mol. The number of amides is 1. The van der Waals surface area contributed by atoms with Crippen molar-refractivity contribution in [3.63, 3.8) is 0 Å². The number of aromatic nitrogens is 1. The minimum Gasteiger partial charge on any atom is -0.391 e. The number of anilines is 1. The minimum atomic E-state index is -0.443. The Bertz CT molecular complexity index is 1470. The number of rotatable bonds is 19. The van der Waals surface area contributed by atoms with Crippen LogP contribution in [0.15, 0.2) is 66.0 Å². The molecule has 5 rings (SSSR count). The molecule has 0 spiro atoms. The summed E-state index contributed by atoms with van der Waals surface area (Å²) >= 11 is 1.83. The van der Waals surface area contributed by atoms with Gasteiger partial charge in [-0.3, -0.25) is 4.90 Å². The lowest BCUT2D eigenvalue weighted by Crippen LogP contribution is -2.46. The van der Waals surface area contributed by atoms with Crippen LogP contribution in [0.4, 0.5) is 10.5 Å². The molecule has 1 aliphatic rings. The molecule has 3 heterocycles. The average Bonchev–Trinajstić information content (AvgIpc) is 3.57. The first kappa shape index (κ1) is 34.1. The highest BCUT2D eigenvalue weighted by Gasteiger charge is 2.18. The molecular formula is C38H52N4O3S. The van der Waals surface area contributed by atoms with Crippen LogP contribution in [0.5, 0.6) is 5.88 Å². The van der Waals surface area contributed by atoms with Gasteiger partial charge in [0.15, 0.2) is 0 Å². The summed E-state index contributed by atoms with van der Waals surface area (Å²) < 4.78 is 13.2. The third-order valence-corrected chi connectivity index (χ3v) is 9.91. The minimum absolute atomic E-state index is 0.326. The lowest BCUT2D eigenvalue weighted by atomic mass is 10.0. The topological polar surface area (TPSA) is 66.9 Å². The lowest BCUT2D eigenvalue weighted by Gasteiger charge is -2.36. The highest BCUT2D eigenvalue weighted by Crippen LogP contribution is 2.31. The highest BCUT2D eigenvalue weighted by atomic mass is 32.1. The number of carbonyl (C=O) groups excluding carboxylic acids is 1. The molecule has 1 amide bonds. The first-order valence-electron chi connectivity index (χ1n) is 17.6. The Morgan fingerprint density at radius 1 is 0.870 bits per heavy atom. The molecular weight excluding hydrogens is 593 g/mol. The Morgan fingerprint density at radius 2 is 1.70 bits per heavy atom. The van der Waals surface area contributed by atoms with E-state index in [1.54, 1.807) is 6.07 Å². The van der Waals surface area contributed by atoms with Crippen LogP contribution in [0.3, 0.4) is 0 Å². The van der Waals surface area contributed by atoms with Crippen LogP contribution in [-0.4, -0.2) is 68.0 Å². The predicted molar refractivity (Wildman–Crippen MR) is 192 cm³/mol. The molecule has 7 nitrogen and oxygen atoms in total. The summed E-state index contributed by atoms with van der Waals surface area (Å²) in [5.74, 6) is 0.326. The Hall–Kier alpha value is -3.20. The number of pyridine rings is 1. The van der Waals surface area contributed by atoms with Gasteiger partial charge in [0.25, 0.3) is 0 Å². The van der Waals surface area contributed by atoms with Gasteiger partial charge < -0.3 is 19.7 Å². The second kappa shape index (κ2) is 18.8. The van der Waals surface area contributed by atoms with Gasteiger partial charge in [0, 0.05) is 66.6 Å². The van der Waals surface area contributed by atoms with Crippen molar-refractivity contribution in [1.82, 2.24) is 15.2 Å². The summed E-state index contributed by atoms with van der Waals surface area (Å²) in [6, 6.07) is 20.4. The number of thiophene rings is 1. The Kier molecular flexibility index (Phi) is 14.0. The zero-order valence-electron chi connectivity index (χ0n) is 27.6. The largest absolute Gasteiger partial charge is 0.413 e. The van der Waals surface area contributed by atoms with Crippen molar-refractivity contribution < 1.29 is 14.3 Å². The van der Waals surface area contributed by atoms with E-state index in [0.717, 1.165) is 75.8 Å². The van der Waals surface area contributed by atoms with Gasteiger partial charge in [0.2, 0.25) is 5.88 Å². The number of nitrogens with zero attached hydrogens (tertiary/aromatic N) is 3. The molecule has 2 aromatic carbocycles. The number of carbonyl (C=O) groups is 1. The second-order valence-corrected chi connectivity index (χ2v) is 13.4. The van der Waals surface area contributed by atoms with Gasteiger partial charge >= 0.3 is 6.09 Å². The van der Waals surface area contributed by atoms with Crippen molar-refractivity contribution in [3.05, 3.63) is 66.0 Å². The number of para-hydroxylation sites is 1. The third kappa shape index (κ3) is 10.7. The van der Waals surface area contributed by atoms with Crippen molar-refractivity contribution in [2.24, 2.45) is 0 Å². The maximum absolute atomic E-state index is 12.2. The van der Waals surface area contributed by atoms with E-state index in [1.165, 1.54) is 60.8 Å². The number of benzene rings is 2. The zero-order valence-corrected chi connectivity index (χ0v) is 28.4. The summed E-state index contributed by atoms with van der Waals surface area (Å²) in [4.78, 5) is 21.8. The summed E-state index contributed by atoms with van der Waals surface area (Å²) in [5, 5.41) is 7.49. The van der Waals surface area contributed by atoms with E-state index in [2.05, 4.69) is 56.7 Å². The van der Waals surface area contributed by atoms with Crippen molar-refractivity contribution >= 4 is 44.1 Å². The summed E-state index contributed by atoms with van der Waals surface area (Å²) in [6.45, 7) is 9.40. The Labute approximate surface area is 279 Å². The molecule has 0 radical (unpaired) electrons. The molecule has 1 N–H and O–H groups in total. The first-order valence-corrected chi connectivity index (χ1v) is 18.4. The van der Waals surface area contributed by atoms with Crippen LogP contribution in [-0.2, 0) is 4.74 Å². The summed E-state index contributed by atoms with van der Waals surface area (Å²) in [7, 11) is 0. The van der Waals surface area contributed by atoms with E-state index in [1.807, 2.05) is 41.7 Å². The van der Waals surface area contributed by atoms with Crippen LogP contribution in [0.2, 0.25) is 0 Å². The lowest BCUT2D eigenvalue weighted by molar-refractivity contribution is 0.0349. The molecule has 46 heavy (non-hydrogen) atoms. The predicted octanol–water partition coefficient (Wildman–Crippen LogP) is 9.06. The molecule has 1 atom stereocenters. The molecule has 1 saturated heterocycles. The van der Waals surface area contributed by atoms with Crippen LogP contribution in [0, 0.1) is 0 Å². The molecule has 2 aromatic heterocycles. The SMILES string of the molecule is CCCCCC(CCCCCCNC(=O)Oc1ccc2ccccc2n1)OCCCCN1CCN(c2cccc3sccc23)CC1. The van der Waals surface area contributed by atoms with Gasteiger partial charge in [0.05, 0.1) is 11.6 Å². The van der Waals surface area contributed by atoms with Gasteiger partial charge in [-0.1, -0.05) is 69.7 Å². The fourth-order valence-electron chi connectivity index (χ4n) is 6.36. The maximum atomic E-state index is 12.2. The van der Waals surface area contributed by atoms with E-state index in [4.69, 9.17) is 9.47 Å². The fourth-order valence-corrected chi connectivity index (χ4v) is 7.17. The van der Waals surface area contributed by atoms with E-state index >= 15 is 0 Å². The van der Waals surface area contributed by atoms with Crippen molar-refractivity contribution in [2.75, 3.05) is 50.8 Å². The maximum Gasteiger partial charge on any atom is 0.413 e. The number of unbranched alkanes of at least 4 members (excludes halogenated alkanes) is 6. The van der Waals surface area contributed by atoms with E-state index in [9.17, 15) is 4.79 Å². The molecule has 1 aliphatic heterocycles.